The fourth-order valence-corrected chi connectivity index (χ4v) is 0.531. The minimum atomic E-state index is -1.20. The molecule has 11 heavy (non-hydrogen) atoms. The van der Waals surface area contributed by atoms with Gasteiger partial charge in [0.05, 0.1) is 6.61 Å². The third-order valence-electron chi connectivity index (χ3n) is 1.15. The van der Waals surface area contributed by atoms with Crippen molar-refractivity contribution in [3.05, 3.63) is 0 Å². The van der Waals surface area contributed by atoms with Crippen LogP contribution in [0.2, 0.25) is 0 Å². The van der Waals surface area contributed by atoms with Crippen LogP contribution in [0, 0.1) is 0 Å². The van der Waals surface area contributed by atoms with Gasteiger partial charge in [0.15, 0.2) is 5.78 Å². The lowest BCUT2D eigenvalue weighted by Crippen LogP contribution is -2.16. The summed E-state index contributed by atoms with van der Waals surface area (Å²) in [6, 6.07) is 0. The molecule has 0 bridgehead atoms. The molecule has 0 aliphatic heterocycles. The van der Waals surface area contributed by atoms with Gasteiger partial charge in [0.1, 0.15) is 12.3 Å². The molecule has 0 amide bonds. The molecule has 0 aliphatic rings. The highest BCUT2D eigenvalue weighted by Crippen LogP contribution is 2.12. The number of Topliss-reactive ketones (excluding diaryl/α,β-unsaturated/α-hetero) is 1. The molecule has 0 aromatic rings. The third-order valence-corrected chi connectivity index (χ3v) is 1.15. The molecule has 0 fully saturated rings. The second-order valence-corrected chi connectivity index (χ2v) is 3.22. The van der Waals surface area contributed by atoms with Gasteiger partial charge in [-0.15, -0.1) is 0 Å². The van der Waals surface area contributed by atoms with Gasteiger partial charge >= 0.3 is 0 Å². The van der Waals surface area contributed by atoms with Gasteiger partial charge in [0.25, 0.3) is 0 Å². The van der Waals surface area contributed by atoms with E-state index in [1.54, 1.807) is 0 Å². The van der Waals surface area contributed by atoms with Gasteiger partial charge in [-0.1, -0.05) is 0 Å². The fraction of sp³-hybridized carbons (Fsp3) is 0.875. The maximum atomic E-state index is 12.7. The lowest BCUT2D eigenvalue weighted by atomic mass is 10.1. The maximum Gasteiger partial charge on any atom is 0.155 e. The Labute approximate surface area is 66.7 Å². The predicted molar refractivity (Wildman–Crippen MR) is 41.3 cm³/mol. The van der Waals surface area contributed by atoms with Crippen LogP contribution in [0.25, 0.3) is 0 Å². The number of carbonyl (C=O) groups excluding carboxylic acids is 1. The Morgan fingerprint density at radius 2 is 2.09 bits per heavy atom. The van der Waals surface area contributed by atoms with E-state index in [0.717, 1.165) is 0 Å². The summed E-state index contributed by atoms with van der Waals surface area (Å²) in [5.74, 6) is -0.0262. The molecular formula is C8H15FO2. The van der Waals surface area contributed by atoms with Gasteiger partial charge < -0.3 is 4.74 Å². The minimum absolute atomic E-state index is 0.0262. The summed E-state index contributed by atoms with van der Waals surface area (Å²) in [4.78, 5) is 10.3. The van der Waals surface area contributed by atoms with Crippen LogP contribution in [0.3, 0.4) is 0 Å². The lowest BCUT2D eigenvalue weighted by Gasteiger charge is -2.12. The minimum Gasteiger partial charge on any atom is -0.374 e. The maximum absolute atomic E-state index is 12.7. The number of hydrogen-bond donors (Lipinski definition) is 0. The van der Waals surface area contributed by atoms with E-state index in [1.165, 1.54) is 20.8 Å². The molecule has 0 aliphatic carbocycles. The molecule has 0 unspecified atom stereocenters. The molecule has 0 heterocycles. The van der Waals surface area contributed by atoms with Crippen molar-refractivity contribution in [1.82, 2.24) is 0 Å². The van der Waals surface area contributed by atoms with E-state index < -0.39 is 5.67 Å². The standard InChI is InChI=1S/C8H15FO2/c1-7(10)6-11-5-4-8(2,3)9/h4-6H2,1-3H3. The summed E-state index contributed by atoms with van der Waals surface area (Å²) in [5, 5.41) is 0. The van der Waals surface area contributed by atoms with Gasteiger partial charge in [0, 0.05) is 6.42 Å². The van der Waals surface area contributed by atoms with Crippen LogP contribution in [0.15, 0.2) is 0 Å². The van der Waals surface area contributed by atoms with Crippen molar-refractivity contribution in [1.29, 1.82) is 0 Å². The van der Waals surface area contributed by atoms with Crippen LogP contribution in [0.4, 0.5) is 4.39 Å². The molecule has 0 saturated heterocycles. The van der Waals surface area contributed by atoms with E-state index in [-0.39, 0.29) is 12.4 Å². The highest BCUT2D eigenvalue weighted by molar-refractivity contribution is 5.76. The summed E-state index contributed by atoms with van der Waals surface area (Å²) in [7, 11) is 0. The number of ketones is 1. The summed E-state index contributed by atoms with van der Waals surface area (Å²) in [6.45, 7) is 4.83. The van der Waals surface area contributed by atoms with Crippen molar-refractivity contribution in [3.8, 4) is 0 Å². The molecular weight excluding hydrogens is 147 g/mol. The topological polar surface area (TPSA) is 26.3 Å². The van der Waals surface area contributed by atoms with Gasteiger partial charge in [-0.25, -0.2) is 4.39 Å². The van der Waals surface area contributed by atoms with Crippen LogP contribution < -0.4 is 0 Å². The first-order valence-electron chi connectivity index (χ1n) is 3.68. The quantitative estimate of drug-likeness (QED) is 0.575. The van der Waals surface area contributed by atoms with Crippen LogP contribution >= 0.6 is 0 Å². The van der Waals surface area contributed by atoms with Crippen LogP contribution in [0.1, 0.15) is 27.2 Å². The van der Waals surface area contributed by atoms with E-state index >= 15 is 0 Å². The number of rotatable bonds is 5. The normalized spacial score (nSPS) is 11.6. The van der Waals surface area contributed by atoms with E-state index in [0.29, 0.717) is 13.0 Å². The summed E-state index contributed by atoms with van der Waals surface area (Å²) in [6.07, 6.45) is 0.334. The molecule has 0 saturated carbocycles. The Balaban J connectivity index is 3.22. The first-order valence-corrected chi connectivity index (χ1v) is 3.68. The van der Waals surface area contributed by atoms with E-state index in [4.69, 9.17) is 4.74 Å². The average Bonchev–Trinajstić information content (AvgIpc) is 1.78. The van der Waals surface area contributed by atoms with E-state index in [2.05, 4.69) is 0 Å². The molecule has 0 aromatic carbocycles. The molecule has 0 radical (unpaired) electrons. The van der Waals surface area contributed by atoms with E-state index in [1.807, 2.05) is 0 Å². The number of carbonyl (C=O) groups is 1. The molecule has 66 valence electrons. The zero-order valence-corrected chi connectivity index (χ0v) is 7.32. The number of alkyl halides is 1. The monoisotopic (exact) mass is 162 g/mol. The zero-order valence-electron chi connectivity index (χ0n) is 7.32. The van der Waals surface area contributed by atoms with Gasteiger partial charge in [0.2, 0.25) is 0 Å². The summed E-state index contributed by atoms with van der Waals surface area (Å²) < 4.78 is 17.6. The Morgan fingerprint density at radius 3 is 2.45 bits per heavy atom. The first-order chi connectivity index (χ1) is 4.92. The van der Waals surface area contributed by atoms with Crippen molar-refractivity contribution in [3.63, 3.8) is 0 Å². The second kappa shape index (κ2) is 4.44. The van der Waals surface area contributed by atoms with Crippen molar-refractivity contribution in [2.45, 2.75) is 32.9 Å². The Morgan fingerprint density at radius 1 is 1.55 bits per heavy atom. The zero-order chi connectivity index (χ0) is 8.91. The third kappa shape index (κ3) is 9.56. The molecule has 0 aromatic heterocycles. The smallest absolute Gasteiger partial charge is 0.155 e. The van der Waals surface area contributed by atoms with Crippen molar-refractivity contribution >= 4 is 5.78 Å². The number of ether oxygens (including phenoxy) is 1. The predicted octanol–water partition coefficient (Wildman–Crippen LogP) is 1.73. The number of hydrogen-bond acceptors (Lipinski definition) is 2. The lowest BCUT2D eigenvalue weighted by molar-refractivity contribution is -0.121. The summed E-state index contributed by atoms with van der Waals surface area (Å²) in [5.41, 5.74) is -1.20. The van der Waals surface area contributed by atoms with Gasteiger partial charge in [-0.05, 0) is 20.8 Å². The van der Waals surface area contributed by atoms with Crippen LogP contribution in [0.5, 0.6) is 0 Å². The molecule has 2 nitrogen and oxygen atoms in total. The highest BCUT2D eigenvalue weighted by atomic mass is 19.1. The molecule has 0 N–H and O–H groups in total. The van der Waals surface area contributed by atoms with Gasteiger partial charge in [-0.2, -0.15) is 0 Å². The second-order valence-electron chi connectivity index (χ2n) is 3.22. The molecule has 0 spiro atoms. The Kier molecular flexibility index (Phi) is 4.26. The molecule has 0 rings (SSSR count). The van der Waals surface area contributed by atoms with Crippen molar-refractivity contribution in [2.24, 2.45) is 0 Å². The van der Waals surface area contributed by atoms with Gasteiger partial charge in [-0.3, -0.25) is 4.79 Å². The van der Waals surface area contributed by atoms with Crippen molar-refractivity contribution < 1.29 is 13.9 Å². The van der Waals surface area contributed by atoms with Crippen molar-refractivity contribution in [2.75, 3.05) is 13.2 Å². The Bertz CT molecular complexity index is 127. The first kappa shape index (κ1) is 10.6. The van der Waals surface area contributed by atoms with Crippen LogP contribution in [-0.2, 0) is 9.53 Å². The average molecular weight is 162 g/mol. The number of halogens is 1. The molecule has 0 atom stereocenters. The summed E-state index contributed by atoms with van der Waals surface area (Å²) >= 11 is 0. The highest BCUT2D eigenvalue weighted by Gasteiger charge is 2.14. The Hall–Kier alpha value is -0.440. The molecule has 3 heteroatoms. The fourth-order valence-electron chi connectivity index (χ4n) is 0.531. The van der Waals surface area contributed by atoms with Crippen LogP contribution in [-0.4, -0.2) is 24.7 Å². The largest absolute Gasteiger partial charge is 0.374 e. The van der Waals surface area contributed by atoms with E-state index in [9.17, 15) is 9.18 Å². The SMILES string of the molecule is CC(=O)COCCC(C)(C)F.